The molecule has 4 rings (SSSR count). The molecule has 2 aromatic carbocycles. The lowest BCUT2D eigenvalue weighted by atomic mass is 9.86. The molecule has 2 aromatic rings. The van der Waals surface area contributed by atoms with Gasteiger partial charge >= 0.3 is 0 Å². The summed E-state index contributed by atoms with van der Waals surface area (Å²) in [6.45, 7) is 4.00. The summed E-state index contributed by atoms with van der Waals surface area (Å²) in [5, 5.41) is 8.32. The van der Waals surface area contributed by atoms with Gasteiger partial charge in [0.25, 0.3) is 0 Å². The molecule has 5 N–H and O–H groups in total. The van der Waals surface area contributed by atoms with Crippen LogP contribution in [0.25, 0.3) is 0 Å². The van der Waals surface area contributed by atoms with Crippen molar-refractivity contribution in [3.05, 3.63) is 70.3 Å². The minimum atomic E-state index is -1.27. The first-order valence-corrected chi connectivity index (χ1v) is 8.94. The Morgan fingerprint density at radius 3 is 2.52 bits per heavy atom. The Labute approximate surface area is 158 Å². The van der Waals surface area contributed by atoms with Crippen molar-refractivity contribution >= 4 is 23.3 Å². The van der Waals surface area contributed by atoms with Crippen LogP contribution < -0.4 is 11.5 Å². The quantitative estimate of drug-likeness (QED) is 0.566. The van der Waals surface area contributed by atoms with Gasteiger partial charge in [0.2, 0.25) is 11.5 Å². The van der Waals surface area contributed by atoms with E-state index in [9.17, 15) is 0 Å². The number of aryl methyl sites for hydroxylation is 3. The van der Waals surface area contributed by atoms with Gasteiger partial charge in [-0.05, 0) is 43.4 Å². The van der Waals surface area contributed by atoms with E-state index >= 15 is 0 Å². The van der Waals surface area contributed by atoms with Gasteiger partial charge in [-0.25, -0.2) is 9.98 Å². The number of benzene rings is 2. The molecule has 1 heterocycles. The van der Waals surface area contributed by atoms with Crippen LogP contribution in [0, 0.1) is 19.3 Å². The van der Waals surface area contributed by atoms with Crippen LogP contribution >= 0.6 is 0 Å². The molecule has 6 nitrogen and oxygen atoms in total. The summed E-state index contributed by atoms with van der Waals surface area (Å²) < 4.78 is 0. The fourth-order valence-electron chi connectivity index (χ4n) is 3.91. The Morgan fingerprint density at radius 1 is 1.11 bits per heavy atom. The number of hydrogen-bond acceptors (Lipinski definition) is 5. The van der Waals surface area contributed by atoms with Crippen molar-refractivity contribution in [1.29, 1.82) is 5.41 Å². The van der Waals surface area contributed by atoms with Gasteiger partial charge < -0.3 is 11.5 Å². The molecule has 0 bridgehead atoms. The van der Waals surface area contributed by atoms with E-state index in [0.29, 0.717) is 5.84 Å². The van der Waals surface area contributed by atoms with Gasteiger partial charge in [-0.1, -0.05) is 53.6 Å². The third-order valence-corrected chi connectivity index (χ3v) is 5.06. The van der Waals surface area contributed by atoms with Crippen molar-refractivity contribution in [2.75, 3.05) is 0 Å². The summed E-state index contributed by atoms with van der Waals surface area (Å²) in [4.78, 5) is 13.7. The Kier molecular flexibility index (Phi) is 3.91. The molecule has 6 heteroatoms. The van der Waals surface area contributed by atoms with Crippen LogP contribution in [-0.4, -0.2) is 23.3 Å². The SMILES string of the molecule is Cc1cc(C)cc(C2(C(=N)N)N=C(N)N=C2N=C2CCc3ccccc32)c1. The highest BCUT2D eigenvalue weighted by atomic mass is 15.2. The molecule has 27 heavy (non-hydrogen) atoms. The van der Waals surface area contributed by atoms with Crippen molar-refractivity contribution in [3.63, 3.8) is 0 Å². The maximum Gasteiger partial charge on any atom is 0.219 e. The number of nitrogens with two attached hydrogens (primary N) is 2. The van der Waals surface area contributed by atoms with Crippen molar-refractivity contribution in [2.24, 2.45) is 26.4 Å². The lowest BCUT2D eigenvalue weighted by molar-refractivity contribution is 0.802. The first-order chi connectivity index (χ1) is 12.9. The first-order valence-electron chi connectivity index (χ1n) is 8.94. The molecule has 1 unspecified atom stereocenters. The topological polar surface area (TPSA) is 113 Å². The number of amidine groups is 2. The third kappa shape index (κ3) is 2.73. The molecular formula is C21H22N6. The molecule has 0 aromatic heterocycles. The second kappa shape index (κ2) is 6.16. The van der Waals surface area contributed by atoms with E-state index in [1.807, 2.05) is 38.1 Å². The summed E-state index contributed by atoms with van der Waals surface area (Å²) in [6, 6.07) is 14.2. The van der Waals surface area contributed by atoms with E-state index in [2.05, 4.69) is 28.2 Å². The average Bonchev–Trinajstić information content (AvgIpc) is 3.16. The van der Waals surface area contributed by atoms with Crippen LogP contribution in [0.2, 0.25) is 0 Å². The monoisotopic (exact) mass is 358 g/mol. The van der Waals surface area contributed by atoms with Gasteiger partial charge in [0.05, 0.1) is 5.71 Å². The minimum absolute atomic E-state index is 0.0926. The zero-order valence-electron chi connectivity index (χ0n) is 15.5. The summed E-state index contributed by atoms with van der Waals surface area (Å²) >= 11 is 0. The maximum absolute atomic E-state index is 8.32. The molecule has 0 saturated carbocycles. The predicted octanol–water partition coefficient (Wildman–Crippen LogP) is 2.60. The number of nitrogens with one attached hydrogen (secondary N) is 1. The number of fused-ring (bicyclic) bond motifs is 1. The van der Waals surface area contributed by atoms with Crippen LogP contribution in [0.4, 0.5) is 0 Å². The lowest BCUT2D eigenvalue weighted by Gasteiger charge is -2.26. The minimum Gasteiger partial charge on any atom is -0.385 e. The largest absolute Gasteiger partial charge is 0.385 e. The number of hydrogen-bond donors (Lipinski definition) is 3. The molecule has 0 saturated heterocycles. The smallest absolute Gasteiger partial charge is 0.219 e. The molecule has 1 atom stereocenters. The zero-order chi connectivity index (χ0) is 19.2. The highest BCUT2D eigenvalue weighted by Gasteiger charge is 2.46. The normalized spacial score (nSPS) is 22.5. The van der Waals surface area contributed by atoms with Crippen LogP contribution in [-0.2, 0) is 12.0 Å². The molecule has 0 fully saturated rings. The van der Waals surface area contributed by atoms with E-state index in [1.165, 1.54) is 5.56 Å². The first kappa shape index (κ1) is 17.1. The summed E-state index contributed by atoms with van der Waals surface area (Å²) in [7, 11) is 0. The number of rotatable bonds is 2. The predicted molar refractivity (Wildman–Crippen MR) is 110 cm³/mol. The molecule has 0 amide bonds. The van der Waals surface area contributed by atoms with E-state index in [1.54, 1.807) is 0 Å². The van der Waals surface area contributed by atoms with Gasteiger partial charge in [0, 0.05) is 0 Å². The van der Waals surface area contributed by atoms with Gasteiger partial charge in [-0.2, -0.15) is 4.99 Å². The second-order valence-electron chi connectivity index (χ2n) is 7.12. The molecule has 1 aliphatic carbocycles. The Balaban J connectivity index is 1.89. The van der Waals surface area contributed by atoms with Crippen molar-refractivity contribution in [3.8, 4) is 0 Å². The third-order valence-electron chi connectivity index (χ3n) is 5.06. The highest BCUT2D eigenvalue weighted by Crippen LogP contribution is 2.34. The van der Waals surface area contributed by atoms with E-state index < -0.39 is 5.54 Å². The van der Waals surface area contributed by atoms with Gasteiger partial charge in [0.1, 0.15) is 5.84 Å². The van der Waals surface area contributed by atoms with Gasteiger partial charge in [0.15, 0.2) is 5.84 Å². The standard InChI is InChI=1S/C21H22N6/c1-12-9-13(2)11-15(10-12)21(18(22)23)19(26-20(24)27-21)25-17-8-7-14-5-3-4-6-16(14)17/h3-6,9-11H,7-8H2,1-2H3,(H3,22,23)(H2,24,27). The van der Waals surface area contributed by atoms with E-state index in [0.717, 1.165) is 40.8 Å². The number of aliphatic imine (C=N–C) groups is 3. The number of guanidine groups is 1. The van der Waals surface area contributed by atoms with Crippen LogP contribution in [0.15, 0.2) is 57.4 Å². The maximum atomic E-state index is 8.32. The lowest BCUT2D eigenvalue weighted by Crippen LogP contribution is -2.44. The number of nitrogens with zero attached hydrogens (tertiary/aromatic N) is 3. The van der Waals surface area contributed by atoms with Crippen molar-refractivity contribution in [1.82, 2.24) is 0 Å². The molecule has 0 radical (unpaired) electrons. The second-order valence-corrected chi connectivity index (χ2v) is 7.12. The van der Waals surface area contributed by atoms with Crippen LogP contribution in [0.1, 0.15) is 34.2 Å². The molecule has 0 spiro atoms. The van der Waals surface area contributed by atoms with Gasteiger partial charge in [-0.15, -0.1) is 0 Å². The summed E-state index contributed by atoms with van der Waals surface area (Å²) in [5.41, 5.74) is 16.9. The fraction of sp³-hybridized carbons (Fsp3) is 0.238. The molecular weight excluding hydrogens is 336 g/mol. The van der Waals surface area contributed by atoms with Crippen LogP contribution in [0.3, 0.4) is 0 Å². The average molecular weight is 358 g/mol. The Hall–Kier alpha value is -3.28. The Bertz CT molecular complexity index is 1030. The molecule has 1 aliphatic heterocycles. The van der Waals surface area contributed by atoms with Crippen molar-refractivity contribution in [2.45, 2.75) is 32.2 Å². The molecule has 2 aliphatic rings. The summed E-state index contributed by atoms with van der Waals surface area (Å²) in [5.74, 6) is 0.321. The van der Waals surface area contributed by atoms with Crippen LogP contribution in [0.5, 0.6) is 0 Å². The van der Waals surface area contributed by atoms with E-state index in [-0.39, 0.29) is 11.8 Å². The van der Waals surface area contributed by atoms with E-state index in [4.69, 9.17) is 21.9 Å². The Morgan fingerprint density at radius 2 is 1.81 bits per heavy atom. The summed E-state index contributed by atoms with van der Waals surface area (Å²) in [6.07, 6.45) is 1.76. The zero-order valence-corrected chi connectivity index (χ0v) is 15.5. The molecule has 136 valence electrons. The van der Waals surface area contributed by atoms with Gasteiger partial charge in [-0.3, -0.25) is 5.41 Å². The fourth-order valence-corrected chi connectivity index (χ4v) is 3.91. The van der Waals surface area contributed by atoms with Crippen molar-refractivity contribution < 1.29 is 0 Å². The highest BCUT2D eigenvalue weighted by molar-refractivity contribution is 6.24.